The van der Waals surface area contributed by atoms with Crippen molar-refractivity contribution in [2.75, 3.05) is 85.3 Å². The molecule has 0 aromatic heterocycles. The third-order valence-corrected chi connectivity index (χ3v) is 28.5. The van der Waals surface area contributed by atoms with E-state index in [1.54, 1.807) is 28.5 Å². The molecule has 4 aliphatic carbocycles. The number of hydrogen-bond acceptors (Lipinski definition) is 25. The fourth-order valence-corrected chi connectivity index (χ4v) is 21.3. The van der Waals surface area contributed by atoms with E-state index < -0.39 is 54.3 Å². The van der Waals surface area contributed by atoms with E-state index in [9.17, 15) is 82.8 Å². The third kappa shape index (κ3) is 33.5. The number of aliphatic hydroxyl groups excluding tert-OH is 6. The van der Waals surface area contributed by atoms with E-state index in [2.05, 4.69) is 37.7 Å². The van der Waals surface area contributed by atoms with E-state index in [1.807, 2.05) is 44.4 Å². The lowest BCUT2D eigenvalue weighted by Gasteiger charge is -2.61. The lowest BCUT2D eigenvalue weighted by atomic mass is 9.44. The van der Waals surface area contributed by atoms with Crippen LogP contribution < -0.4 is 11.1 Å². The number of amides is 7. The van der Waals surface area contributed by atoms with Gasteiger partial charge in [0.05, 0.1) is 113 Å². The Hall–Kier alpha value is -6.72. The number of nitrogens with two attached hydrogens (primary N) is 1. The van der Waals surface area contributed by atoms with Crippen LogP contribution in [0.5, 0.6) is 0 Å². The summed E-state index contributed by atoms with van der Waals surface area (Å²) in [7, 11) is 0. The van der Waals surface area contributed by atoms with Gasteiger partial charge in [-0.15, -0.1) is 12.4 Å². The van der Waals surface area contributed by atoms with Gasteiger partial charge in [-0.2, -0.15) is 0 Å². The summed E-state index contributed by atoms with van der Waals surface area (Å²) in [5.74, 6) is 1.37. The first kappa shape index (κ1) is 113. The molecular weight excluding hydrogens is 1660 g/mol. The standard InChI is InChI=1S/C38H66N2O5.C14H23NO4.C13H21NO5.C9H17NO2.C8H15NO3.C7H14N2O3.C4H4O3.ClH/c1-5-7-8-9-10-11-12-28-14-16-32-31-15-13-29-22-30(17-19-38(29,4)33(31)18-20-37(28,32)3)45-36(43)39-23-35(42)40-24-27(34(41)25-40)26-44-21-6-2;1-4-11-12(8-9-15(11)13(17)5-2)19-14(18)7-6-10(3)16;1-3-9-10(7-8-14(9)11(15)4-2)19-13(18)6-5-12(16)17;1-3-7-8(11)5-6-10(7)9(12)4-2;1-2-8(12)9-4-3-7(11)6(9)5-10;8-3-7(12)9-2-1-6(11)5(9)4-10;5-3-1-2-4(6)7-3;/h27-34,41H,5-26H2,1-4H3,(H,39,43);11-12H,4-9H2,1-3H3;9-10H,3-8H2,1-2H3,(H,16,17);7-8,11H,3-6H2,1-2H3;6-7,10-11H,2-5H2,1H3;5-6,10-11H,1-4,8H2;1-2H2;1H/t27-,28+,29?,30?,31?,32?,33?,34-,37-,38+;11-,12-;9-,10-;7-,8-;6-,7-;5-,6-;;/m000000../s1. The van der Waals surface area contributed by atoms with Crippen molar-refractivity contribution < 1.29 is 122 Å². The smallest absolute Gasteiger partial charge is 0.407 e. The zero-order chi connectivity index (χ0) is 93.5. The van der Waals surface area contributed by atoms with Gasteiger partial charge in [0.25, 0.3) is 0 Å². The molecule has 0 aromatic carbocycles. The molecular formula is C93H161ClN8O25. The van der Waals surface area contributed by atoms with E-state index in [-0.39, 0.29) is 179 Å². The highest BCUT2D eigenvalue weighted by Gasteiger charge is 2.60. The number of aliphatic carboxylic acids is 1. The molecule has 730 valence electrons. The van der Waals surface area contributed by atoms with Crippen molar-refractivity contribution in [1.82, 2.24) is 34.7 Å². The molecule has 7 aliphatic heterocycles. The van der Waals surface area contributed by atoms with Crippen molar-refractivity contribution in [3.8, 4) is 0 Å². The van der Waals surface area contributed by atoms with Gasteiger partial charge in [-0.3, -0.25) is 52.7 Å². The van der Waals surface area contributed by atoms with Crippen molar-refractivity contribution in [2.24, 2.45) is 52.1 Å². The van der Waals surface area contributed by atoms with Crippen LogP contribution in [0.15, 0.2) is 0 Å². The summed E-state index contributed by atoms with van der Waals surface area (Å²) in [6, 6.07) is -0.870. The maximum Gasteiger partial charge on any atom is 0.407 e. The lowest BCUT2D eigenvalue weighted by molar-refractivity contribution is -0.154. The number of ketones is 1. The van der Waals surface area contributed by atoms with E-state index in [0.29, 0.717) is 121 Å². The van der Waals surface area contributed by atoms with Gasteiger partial charge in [0.15, 0.2) is 0 Å². The Morgan fingerprint density at radius 2 is 0.961 bits per heavy atom. The number of carboxylic acid groups (broad SMARTS) is 1. The van der Waals surface area contributed by atoms with Gasteiger partial charge in [0.2, 0.25) is 35.4 Å². The number of carbonyl (C=O) groups is 13. The van der Waals surface area contributed by atoms with Crippen LogP contribution in [0.25, 0.3) is 0 Å². The van der Waals surface area contributed by atoms with Crippen LogP contribution in [0.4, 0.5) is 4.79 Å². The number of rotatable bonds is 32. The summed E-state index contributed by atoms with van der Waals surface area (Å²) in [6.07, 6.45) is 27.0. The summed E-state index contributed by atoms with van der Waals surface area (Å²) in [4.78, 5) is 157. The van der Waals surface area contributed by atoms with Gasteiger partial charge in [-0.05, 0) is 156 Å². The second-order valence-corrected chi connectivity index (χ2v) is 36.5. The Labute approximate surface area is 760 Å². The molecule has 11 fully saturated rings. The highest BCUT2D eigenvalue weighted by molar-refractivity contribution is 5.92. The van der Waals surface area contributed by atoms with Crippen LogP contribution >= 0.6 is 12.4 Å². The number of halogens is 1. The van der Waals surface area contributed by atoms with Gasteiger partial charge >= 0.3 is 35.9 Å². The highest BCUT2D eigenvalue weighted by atomic mass is 35.5. The minimum absolute atomic E-state index is 0. The number of esters is 4. The number of carbonyl (C=O) groups excluding carboxylic acids is 12. The predicted molar refractivity (Wildman–Crippen MR) is 477 cm³/mol. The van der Waals surface area contributed by atoms with Crippen LogP contribution in [-0.4, -0.2) is 301 Å². The van der Waals surface area contributed by atoms with Gasteiger partial charge in [0, 0.05) is 103 Å². The maximum absolute atomic E-state index is 12.8. The number of nitrogens with one attached hydrogen (secondary N) is 1. The molecule has 127 heavy (non-hydrogen) atoms. The fraction of sp³-hybridized carbons (Fsp3) is 0.860. The number of likely N-dealkylation sites (tertiary alicyclic amines) is 6. The molecule has 34 heteroatoms. The fourth-order valence-electron chi connectivity index (χ4n) is 21.3. The van der Waals surface area contributed by atoms with Crippen molar-refractivity contribution in [3.63, 3.8) is 0 Å². The number of hydrogen-bond donors (Lipinski definition) is 9. The first-order valence-electron chi connectivity index (χ1n) is 47.8. The topological polar surface area (TPSA) is 467 Å². The minimum Gasteiger partial charge on any atom is -0.481 e. The quantitative estimate of drug-likeness (QED) is 0.0131. The molecule has 10 N–H and O–H groups in total. The van der Waals surface area contributed by atoms with Crippen LogP contribution in [0.3, 0.4) is 0 Å². The van der Waals surface area contributed by atoms with Crippen LogP contribution in [-0.2, 0) is 81.2 Å². The molecule has 20 atom stereocenters. The number of unbranched alkanes of at least 4 members (excludes halogenated alkanes) is 5. The van der Waals surface area contributed by atoms with Gasteiger partial charge in [-0.1, -0.05) is 115 Å². The number of carboxylic acids is 1. The normalized spacial score (nSPS) is 30.0. The van der Waals surface area contributed by atoms with E-state index in [4.69, 9.17) is 40.0 Å². The van der Waals surface area contributed by atoms with Gasteiger partial charge in [-0.25, -0.2) is 4.79 Å². The van der Waals surface area contributed by atoms with Crippen molar-refractivity contribution >= 4 is 89.6 Å². The van der Waals surface area contributed by atoms with Crippen molar-refractivity contribution in [2.45, 2.75) is 381 Å². The second kappa shape index (κ2) is 57.6. The summed E-state index contributed by atoms with van der Waals surface area (Å²) < 4.78 is 26.3. The third-order valence-electron chi connectivity index (χ3n) is 28.5. The SMILES string of the molecule is CCC(=O)N1CC[C@H](O)[C@@H]1CC.CCC(=O)N1CC[C@H](O)[C@@H]1CO.CCC(=O)N1CC[C@H](OC(=O)CCC(=O)O)[C@@H]1CC.CCC(=O)N1CC[C@H](OC(=O)CCC(C)=O)[C@@H]1CC.CCCCCCCC[C@@H]1CCC2C3CCC4CC(OC(=O)NCC(=O)N5C[C@@H](COCCC)[C@@H](O)C5)CC[C@@]4(C)C3CC[C@]21C.Cl.NCC(=O)N1CC[C@H](O)[C@@H]1CO.O=C1CCC(=O)O1. The van der Waals surface area contributed by atoms with E-state index in [1.165, 1.54) is 95.3 Å². The van der Waals surface area contributed by atoms with E-state index in [0.717, 1.165) is 81.6 Å². The number of ether oxygens (including phenoxy) is 5. The zero-order valence-electron chi connectivity index (χ0n) is 78.5. The summed E-state index contributed by atoms with van der Waals surface area (Å²) in [6.45, 7) is 28.7. The number of alkyl carbamates (subject to hydrolysis) is 1. The average molecular weight is 1830 g/mol. The molecule has 5 unspecified atom stereocenters. The average Bonchev–Trinajstić information content (AvgIpc) is 1.68. The lowest BCUT2D eigenvalue weighted by Crippen LogP contribution is -2.54. The first-order chi connectivity index (χ1) is 60.1. The molecule has 33 nitrogen and oxygen atoms in total. The zero-order valence-corrected chi connectivity index (χ0v) is 79.3. The Kier molecular flexibility index (Phi) is 51.0. The molecule has 11 rings (SSSR count). The van der Waals surface area contributed by atoms with Crippen molar-refractivity contribution in [1.29, 1.82) is 0 Å². The predicted octanol–water partition coefficient (Wildman–Crippen LogP) is 8.90. The van der Waals surface area contributed by atoms with Crippen molar-refractivity contribution in [3.05, 3.63) is 0 Å². The minimum atomic E-state index is -1.02. The molecule has 7 saturated heterocycles. The van der Waals surface area contributed by atoms with Crippen LogP contribution in [0, 0.1) is 46.3 Å². The molecule has 0 aromatic rings. The Bertz CT molecular complexity index is 3270. The summed E-state index contributed by atoms with van der Waals surface area (Å²) in [5, 5.41) is 67.5. The molecule has 0 spiro atoms. The summed E-state index contributed by atoms with van der Waals surface area (Å²) in [5.41, 5.74) is 6.08. The summed E-state index contributed by atoms with van der Waals surface area (Å²) >= 11 is 0. The number of fused-ring (bicyclic) bond motifs is 5. The Balaban J connectivity index is 0.000000343. The molecule has 7 heterocycles. The van der Waals surface area contributed by atoms with E-state index >= 15 is 0 Å². The number of nitrogens with zero attached hydrogens (tertiary/aromatic N) is 6. The van der Waals surface area contributed by atoms with Crippen LogP contribution in [0.1, 0.15) is 308 Å². The maximum atomic E-state index is 12.8. The Morgan fingerprint density at radius 1 is 0.496 bits per heavy atom. The van der Waals surface area contributed by atoms with Gasteiger partial charge < -0.3 is 105 Å². The molecule has 4 saturated carbocycles. The number of cyclic esters (lactones) is 2. The number of aliphatic hydroxyl groups is 6. The number of β-amino-alcohol motifs (C(OH)–C–C–N with tert-alkyl or cyclic N) is 1. The monoisotopic (exact) mass is 1830 g/mol. The molecule has 0 radical (unpaired) electrons. The first-order valence-corrected chi connectivity index (χ1v) is 47.8. The van der Waals surface area contributed by atoms with Crippen LogP contribution in [0.2, 0.25) is 0 Å². The molecule has 7 amide bonds. The number of Topliss-reactive ketones (excluding diaryl/α,β-unsaturated/α-hetero) is 1. The Morgan fingerprint density at radius 3 is 1.43 bits per heavy atom. The second-order valence-electron chi connectivity index (χ2n) is 36.5. The molecule has 11 aliphatic rings. The largest absolute Gasteiger partial charge is 0.481 e. The molecule has 0 bridgehead atoms. The van der Waals surface area contributed by atoms with Gasteiger partial charge in [0.1, 0.15) is 30.6 Å². The highest BCUT2D eigenvalue weighted by Crippen LogP contribution is 2.68.